The van der Waals surface area contributed by atoms with E-state index >= 15 is 0 Å². The number of carbonyl (C=O) groups is 3. The molecule has 0 aromatic heterocycles. The first-order chi connectivity index (χ1) is 22.7. The molecule has 0 spiro atoms. The van der Waals surface area contributed by atoms with Crippen LogP contribution >= 0.6 is 0 Å². The molecular weight excluding hydrogens is 600 g/mol. The Morgan fingerprint density at radius 1 is 0.787 bits per heavy atom. The van der Waals surface area contributed by atoms with Crippen molar-refractivity contribution in [3.05, 3.63) is 77.4 Å². The SMILES string of the molecule is C=C(C)C(=O)OCCc1cc(-c2ccc(CCCCCCC)cc2CCOC(=O)C(=C)C)ccc1OCCOCC1COC(=O)OC1. The van der Waals surface area contributed by atoms with Gasteiger partial charge in [0, 0.05) is 24.0 Å². The van der Waals surface area contributed by atoms with Crippen LogP contribution in [0.3, 0.4) is 0 Å². The van der Waals surface area contributed by atoms with E-state index in [2.05, 4.69) is 44.3 Å². The molecule has 0 radical (unpaired) electrons. The number of esters is 2. The number of cyclic esters (lactones) is 2. The Morgan fingerprint density at radius 3 is 2.11 bits per heavy atom. The zero-order chi connectivity index (χ0) is 34.0. The Kier molecular flexibility index (Phi) is 16.0. The van der Waals surface area contributed by atoms with Crippen molar-refractivity contribution in [3.63, 3.8) is 0 Å². The largest absolute Gasteiger partial charge is 0.508 e. The number of carbonyl (C=O) groups excluding carboxylic acids is 3. The van der Waals surface area contributed by atoms with Crippen LogP contribution in [0.15, 0.2) is 60.7 Å². The smallest absolute Gasteiger partial charge is 0.491 e. The predicted octanol–water partition coefficient (Wildman–Crippen LogP) is 7.37. The predicted molar refractivity (Wildman–Crippen MR) is 180 cm³/mol. The van der Waals surface area contributed by atoms with E-state index in [1.54, 1.807) is 13.8 Å². The average molecular weight is 651 g/mol. The molecule has 9 heteroatoms. The van der Waals surface area contributed by atoms with Gasteiger partial charge < -0.3 is 28.4 Å². The van der Waals surface area contributed by atoms with E-state index < -0.39 is 18.1 Å². The standard InChI is InChI=1S/C38H50O9/c1-6-7-8-9-10-11-29-12-14-34(32(22-29)16-18-44-36(39)27(2)3)31-13-15-35(33(23-31)17-19-45-37(40)28(4)5)43-21-20-42-24-30-25-46-38(41)47-26-30/h12-15,22-23,30H,2,4,6-11,16-21,24-26H2,1,3,5H3. The molecule has 256 valence electrons. The molecule has 2 aromatic rings. The maximum Gasteiger partial charge on any atom is 0.508 e. The number of benzene rings is 2. The fourth-order valence-corrected chi connectivity index (χ4v) is 5.08. The molecular formula is C38H50O9. The van der Waals surface area contributed by atoms with E-state index in [4.69, 9.17) is 28.4 Å². The van der Waals surface area contributed by atoms with E-state index in [1.807, 2.05) is 12.1 Å². The highest BCUT2D eigenvalue weighted by molar-refractivity contribution is 5.87. The highest BCUT2D eigenvalue weighted by Crippen LogP contribution is 2.31. The molecule has 0 unspecified atom stereocenters. The summed E-state index contributed by atoms with van der Waals surface area (Å²) in [5, 5.41) is 0. The van der Waals surface area contributed by atoms with E-state index in [-0.39, 0.29) is 32.3 Å². The van der Waals surface area contributed by atoms with Crippen molar-refractivity contribution in [2.45, 2.75) is 72.1 Å². The topological polar surface area (TPSA) is 107 Å². The van der Waals surface area contributed by atoms with Crippen molar-refractivity contribution in [1.82, 2.24) is 0 Å². The van der Waals surface area contributed by atoms with Crippen molar-refractivity contribution in [2.24, 2.45) is 5.92 Å². The van der Waals surface area contributed by atoms with Gasteiger partial charge in [0.25, 0.3) is 0 Å². The highest BCUT2D eigenvalue weighted by Gasteiger charge is 2.21. The van der Waals surface area contributed by atoms with Gasteiger partial charge in [-0.2, -0.15) is 0 Å². The number of aryl methyl sites for hydroxylation is 1. The lowest BCUT2D eigenvalue weighted by molar-refractivity contribution is -0.139. The molecule has 3 rings (SSSR count). The van der Waals surface area contributed by atoms with Crippen LogP contribution < -0.4 is 4.74 Å². The van der Waals surface area contributed by atoms with Crippen molar-refractivity contribution < 1.29 is 42.8 Å². The van der Waals surface area contributed by atoms with Gasteiger partial charge in [0.1, 0.15) is 25.6 Å². The van der Waals surface area contributed by atoms with Gasteiger partial charge in [0.15, 0.2) is 0 Å². The highest BCUT2D eigenvalue weighted by atomic mass is 16.7. The van der Waals surface area contributed by atoms with Crippen LogP contribution in [0.25, 0.3) is 11.1 Å². The van der Waals surface area contributed by atoms with E-state index in [0.29, 0.717) is 49.6 Å². The first kappa shape index (κ1) is 37.3. The van der Waals surface area contributed by atoms with Gasteiger partial charge in [0.2, 0.25) is 0 Å². The van der Waals surface area contributed by atoms with Gasteiger partial charge in [-0.15, -0.1) is 0 Å². The number of ether oxygens (including phenoxy) is 6. The summed E-state index contributed by atoms with van der Waals surface area (Å²) in [5.41, 5.74) is 5.96. The second-order valence-electron chi connectivity index (χ2n) is 12.0. The molecule has 1 aliphatic rings. The quantitative estimate of drug-likeness (QED) is 0.0593. The summed E-state index contributed by atoms with van der Waals surface area (Å²) in [6.45, 7) is 14.8. The molecule has 0 atom stereocenters. The average Bonchev–Trinajstić information content (AvgIpc) is 3.05. The van der Waals surface area contributed by atoms with Crippen LogP contribution in [-0.4, -0.2) is 64.3 Å². The van der Waals surface area contributed by atoms with Crippen LogP contribution in [0.1, 0.15) is 69.6 Å². The monoisotopic (exact) mass is 650 g/mol. The minimum atomic E-state index is -0.651. The third kappa shape index (κ3) is 13.3. The molecule has 0 aliphatic carbocycles. The summed E-state index contributed by atoms with van der Waals surface area (Å²) in [6, 6.07) is 12.5. The second kappa shape index (κ2) is 20.2. The van der Waals surface area contributed by atoms with Gasteiger partial charge >= 0.3 is 18.1 Å². The molecule has 0 amide bonds. The first-order valence-electron chi connectivity index (χ1n) is 16.6. The minimum absolute atomic E-state index is 0.0171. The van der Waals surface area contributed by atoms with Crippen molar-refractivity contribution in [3.8, 4) is 16.9 Å². The summed E-state index contributed by atoms with van der Waals surface area (Å²) in [7, 11) is 0. The Morgan fingerprint density at radius 2 is 1.45 bits per heavy atom. The number of unbranched alkanes of at least 4 members (excludes halogenated alkanes) is 4. The van der Waals surface area contributed by atoms with Gasteiger partial charge in [-0.05, 0) is 66.6 Å². The number of hydrogen-bond acceptors (Lipinski definition) is 9. The van der Waals surface area contributed by atoms with Crippen LogP contribution in [0.4, 0.5) is 4.79 Å². The maximum atomic E-state index is 12.1. The van der Waals surface area contributed by atoms with Crippen LogP contribution in [0.5, 0.6) is 5.75 Å². The molecule has 0 bridgehead atoms. The molecule has 1 aliphatic heterocycles. The zero-order valence-corrected chi connectivity index (χ0v) is 28.2. The summed E-state index contributed by atoms with van der Waals surface area (Å²) < 4.78 is 32.5. The lowest BCUT2D eigenvalue weighted by atomic mass is 9.92. The van der Waals surface area contributed by atoms with E-state index in [0.717, 1.165) is 35.1 Å². The van der Waals surface area contributed by atoms with Crippen molar-refractivity contribution in [1.29, 1.82) is 0 Å². The van der Waals surface area contributed by atoms with Gasteiger partial charge in [-0.1, -0.05) is 70.0 Å². The molecule has 0 N–H and O–H groups in total. The Bertz CT molecular complexity index is 1350. The normalized spacial score (nSPS) is 13.0. The number of rotatable bonds is 21. The fourth-order valence-electron chi connectivity index (χ4n) is 5.08. The summed E-state index contributed by atoms with van der Waals surface area (Å²) >= 11 is 0. The van der Waals surface area contributed by atoms with E-state index in [9.17, 15) is 14.4 Å². The Hall–Kier alpha value is -4.11. The third-order valence-electron chi connectivity index (χ3n) is 7.73. The second-order valence-corrected chi connectivity index (χ2v) is 12.0. The summed E-state index contributed by atoms with van der Waals surface area (Å²) in [5.74, 6) is -0.187. The van der Waals surface area contributed by atoms with Gasteiger partial charge in [0.05, 0.1) is 32.3 Å². The lowest BCUT2D eigenvalue weighted by Gasteiger charge is -2.21. The molecule has 0 saturated carbocycles. The molecule has 1 fully saturated rings. The van der Waals surface area contributed by atoms with Gasteiger partial charge in [-0.25, -0.2) is 14.4 Å². The molecule has 2 aromatic carbocycles. The maximum absolute atomic E-state index is 12.1. The lowest BCUT2D eigenvalue weighted by Crippen LogP contribution is -2.31. The van der Waals surface area contributed by atoms with Crippen molar-refractivity contribution in [2.75, 3.05) is 46.2 Å². The molecule has 9 nitrogen and oxygen atoms in total. The summed E-state index contributed by atoms with van der Waals surface area (Å²) in [6.07, 6.45) is 7.40. The molecule has 1 saturated heterocycles. The Balaban J connectivity index is 1.76. The molecule has 1 heterocycles. The van der Waals surface area contributed by atoms with Crippen molar-refractivity contribution >= 4 is 18.1 Å². The number of hydrogen-bond donors (Lipinski definition) is 0. The van der Waals surface area contributed by atoms with Crippen LogP contribution in [0.2, 0.25) is 0 Å². The molecule has 47 heavy (non-hydrogen) atoms. The first-order valence-corrected chi connectivity index (χ1v) is 16.6. The zero-order valence-electron chi connectivity index (χ0n) is 28.2. The Labute approximate surface area is 279 Å². The van der Waals surface area contributed by atoms with Crippen LogP contribution in [-0.2, 0) is 52.5 Å². The fraction of sp³-hybridized carbons (Fsp3) is 0.500. The summed E-state index contributed by atoms with van der Waals surface area (Å²) in [4.78, 5) is 35.2. The van der Waals surface area contributed by atoms with E-state index in [1.165, 1.54) is 31.2 Å². The van der Waals surface area contributed by atoms with Crippen LogP contribution in [0, 0.1) is 5.92 Å². The van der Waals surface area contributed by atoms with Gasteiger partial charge in [-0.3, -0.25) is 0 Å². The minimum Gasteiger partial charge on any atom is -0.491 e. The third-order valence-corrected chi connectivity index (χ3v) is 7.73.